The Morgan fingerprint density at radius 1 is 1.00 bits per heavy atom. The molecule has 0 atom stereocenters. The molecule has 1 amide bonds. The van der Waals surface area contributed by atoms with E-state index in [1.165, 1.54) is 43.9 Å². The van der Waals surface area contributed by atoms with E-state index in [4.69, 9.17) is 5.11 Å². The molecule has 0 saturated heterocycles. The second-order valence-electron chi connectivity index (χ2n) is 6.41. The highest BCUT2D eigenvalue weighted by Crippen LogP contribution is 2.53. The number of carboxylic acids is 1. The molecule has 4 rings (SSSR count). The minimum Gasteiger partial charge on any atom is -0.481 e. The summed E-state index contributed by atoms with van der Waals surface area (Å²) in [5.74, 6) is 2.64. The highest BCUT2D eigenvalue weighted by atomic mass is 32.2. The van der Waals surface area contributed by atoms with Crippen molar-refractivity contribution in [2.24, 2.45) is 23.7 Å². The number of hydrogen-bond donors (Lipinski definition) is 2. The van der Waals surface area contributed by atoms with Crippen LogP contribution in [0.25, 0.3) is 0 Å². The molecule has 0 unspecified atom stereocenters. The van der Waals surface area contributed by atoms with Crippen molar-refractivity contribution in [3.63, 3.8) is 0 Å². The summed E-state index contributed by atoms with van der Waals surface area (Å²) in [4.78, 5) is 22.3. The van der Waals surface area contributed by atoms with Crippen molar-refractivity contribution >= 4 is 23.6 Å². The van der Waals surface area contributed by atoms with Crippen molar-refractivity contribution in [1.82, 2.24) is 5.32 Å². The fourth-order valence-corrected chi connectivity index (χ4v) is 5.16. The largest absolute Gasteiger partial charge is 0.481 e. The maximum atomic E-state index is 11.9. The van der Waals surface area contributed by atoms with E-state index in [2.05, 4.69) is 5.32 Å². The van der Waals surface area contributed by atoms with E-state index in [0.29, 0.717) is 17.9 Å². The van der Waals surface area contributed by atoms with Crippen LogP contribution in [-0.4, -0.2) is 34.5 Å². The molecule has 4 bridgehead atoms. The lowest BCUT2D eigenvalue weighted by molar-refractivity contribution is -0.133. The molecular formula is C14H21NO3S. The first-order valence-electron chi connectivity index (χ1n) is 7.20. The van der Waals surface area contributed by atoms with Crippen LogP contribution >= 0.6 is 11.8 Å². The summed E-state index contributed by atoms with van der Waals surface area (Å²) in [7, 11) is 0. The Kier molecular flexibility index (Phi) is 3.74. The van der Waals surface area contributed by atoms with E-state index in [9.17, 15) is 9.59 Å². The molecule has 4 fully saturated rings. The van der Waals surface area contributed by atoms with Crippen LogP contribution in [0.4, 0.5) is 0 Å². The maximum absolute atomic E-state index is 11.9. The molecule has 0 aromatic carbocycles. The third kappa shape index (κ3) is 2.91. The van der Waals surface area contributed by atoms with Gasteiger partial charge in [0.05, 0.1) is 11.5 Å². The molecule has 0 radical (unpaired) electrons. The molecule has 4 nitrogen and oxygen atoms in total. The van der Waals surface area contributed by atoms with E-state index >= 15 is 0 Å². The van der Waals surface area contributed by atoms with Crippen molar-refractivity contribution in [2.75, 3.05) is 11.5 Å². The number of carboxylic acid groups (broad SMARTS) is 1. The molecule has 0 aromatic heterocycles. The second-order valence-corrected chi connectivity index (χ2v) is 7.40. The zero-order chi connectivity index (χ0) is 13.4. The van der Waals surface area contributed by atoms with Crippen LogP contribution in [0.15, 0.2) is 0 Å². The van der Waals surface area contributed by atoms with Gasteiger partial charge < -0.3 is 10.4 Å². The molecule has 106 valence electrons. The number of thioether (sulfide) groups is 1. The van der Waals surface area contributed by atoms with Gasteiger partial charge >= 0.3 is 5.97 Å². The fourth-order valence-electron chi connectivity index (χ4n) is 4.62. The molecule has 0 spiro atoms. The first kappa shape index (κ1) is 13.3. The van der Waals surface area contributed by atoms with E-state index in [1.54, 1.807) is 0 Å². The summed E-state index contributed by atoms with van der Waals surface area (Å²) in [5.41, 5.74) is 0. The Hall–Kier alpha value is -0.710. The highest BCUT2D eigenvalue weighted by Gasteiger charge is 2.48. The van der Waals surface area contributed by atoms with Crippen molar-refractivity contribution in [3.05, 3.63) is 0 Å². The first-order valence-corrected chi connectivity index (χ1v) is 8.36. The number of carbonyl (C=O) groups is 2. The number of aliphatic carboxylic acids is 1. The highest BCUT2D eigenvalue weighted by molar-refractivity contribution is 8.00. The lowest BCUT2D eigenvalue weighted by Gasteiger charge is -2.54. The van der Waals surface area contributed by atoms with Gasteiger partial charge in [0.2, 0.25) is 5.91 Å². The summed E-state index contributed by atoms with van der Waals surface area (Å²) >= 11 is 1.18. The van der Waals surface area contributed by atoms with Gasteiger partial charge in [-0.2, -0.15) is 0 Å². The molecule has 4 aliphatic carbocycles. The van der Waals surface area contributed by atoms with Crippen LogP contribution in [0.2, 0.25) is 0 Å². The Balaban J connectivity index is 1.50. The van der Waals surface area contributed by atoms with Crippen molar-refractivity contribution in [3.8, 4) is 0 Å². The number of carbonyl (C=O) groups excluding carboxylic acids is 1. The van der Waals surface area contributed by atoms with Crippen LogP contribution in [0.3, 0.4) is 0 Å². The Bertz CT molecular complexity index is 357. The van der Waals surface area contributed by atoms with Gasteiger partial charge in [0.15, 0.2) is 0 Å². The average molecular weight is 283 g/mol. The lowest BCUT2D eigenvalue weighted by Crippen LogP contribution is -2.56. The lowest BCUT2D eigenvalue weighted by atomic mass is 9.54. The zero-order valence-electron chi connectivity index (χ0n) is 11.0. The summed E-state index contributed by atoms with van der Waals surface area (Å²) in [5, 5.41) is 11.7. The minimum atomic E-state index is -0.854. The van der Waals surface area contributed by atoms with Gasteiger partial charge in [-0.25, -0.2) is 0 Å². The minimum absolute atomic E-state index is 0.00902. The van der Waals surface area contributed by atoms with Crippen LogP contribution in [-0.2, 0) is 9.59 Å². The van der Waals surface area contributed by atoms with Crippen LogP contribution in [0.5, 0.6) is 0 Å². The predicted octanol–water partition coefficient (Wildman–Crippen LogP) is 1.75. The molecule has 0 heterocycles. The molecule has 0 aliphatic heterocycles. The fraction of sp³-hybridized carbons (Fsp3) is 0.857. The first-order chi connectivity index (χ1) is 9.11. The van der Waals surface area contributed by atoms with Gasteiger partial charge in [0, 0.05) is 6.04 Å². The second kappa shape index (κ2) is 5.35. The molecule has 4 saturated carbocycles. The molecule has 4 aliphatic rings. The zero-order valence-corrected chi connectivity index (χ0v) is 11.8. The Morgan fingerprint density at radius 3 is 2.11 bits per heavy atom. The summed E-state index contributed by atoms with van der Waals surface area (Å²) < 4.78 is 0. The van der Waals surface area contributed by atoms with Crippen LogP contribution in [0, 0.1) is 23.7 Å². The standard InChI is InChI=1S/C14H21NO3S/c16-12(6-19-7-13(17)18)15-14-10-2-8-1-9(4-10)5-11(14)3-8/h8-11,14H,1-7H2,(H,15,16)(H,17,18). The summed E-state index contributed by atoms with van der Waals surface area (Å²) in [6.07, 6.45) is 6.59. The van der Waals surface area contributed by atoms with Gasteiger partial charge in [-0.1, -0.05) is 0 Å². The van der Waals surface area contributed by atoms with Gasteiger partial charge in [0.25, 0.3) is 0 Å². The van der Waals surface area contributed by atoms with E-state index < -0.39 is 5.97 Å². The predicted molar refractivity (Wildman–Crippen MR) is 73.9 cm³/mol. The smallest absolute Gasteiger partial charge is 0.313 e. The van der Waals surface area contributed by atoms with Crippen LogP contribution < -0.4 is 5.32 Å². The quantitative estimate of drug-likeness (QED) is 0.806. The SMILES string of the molecule is O=C(O)CSCC(=O)NC1C2CC3CC(C2)CC1C3. The van der Waals surface area contributed by atoms with Gasteiger partial charge in [-0.3, -0.25) is 9.59 Å². The normalized spacial score (nSPS) is 39.3. The molecule has 19 heavy (non-hydrogen) atoms. The summed E-state index contributed by atoms with van der Waals surface area (Å²) in [6.45, 7) is 0. The summed E-state index contributed by atoms with van der Waals surface area (Å²) in [6, 6.07) is 0.366. The third-order valence-corrected chi connectivity index (χ3v) is 5.93. The molecule has 0 aromatic rings. The molecule has 5 heteroatoms. The maximum Gasteiger partial charge on any atom is 0.313 e. The van der Waals surface area contributed by atoms with Gasteiger partial charge in [-0.05, 0) is 55.8 Å². The van der Waals surface area contributed by atoms with E-state index in [-0.39, 0.29) is 17.4 Å². The van der Waals surface area contributed by atoms with E-state index in [1.807, 2.05) is 0 Å². The number of nitrogens with one attached hydrogen (secondary N) is 1. The third-order valence-electron chi connectivity index (χ3n) is 5.01. The van der Waals surface area contributed by atoms with Gasteiger partial charge in [-0.15, -0.1) is 11.8 Å². The molecule has 2 N–H and O–H groups in total. The average Bonchev–Trinajstić information content (AvgIpc) is 2.32. The topological polar surface area (TPSA) is 66.4 Å². The number of rotatable bonds is 5. The van der Waals surface area contributed by atoms with E-state index in [0.717, 1.165) is 11.8 Å². The van der Waals surface area contributed by atoms with Crippen LogP contribution in [0.1, 0.15) is 32.1 Å². The van der Waals surface area contributed by atoms with Crippen molar-refractivity contribution in [1.29, 1.82) is 0 Å². The Labute approximate surface area is 117 Å². The number of amides is 1. The van der Waals surface area contributed by atoms with Gasteiger partial charge in [0.1, 0.15) is 0 Å². The number of hydrogen-bond acceptors (Lipinski definition) is 3. The molecular weight excluding hydrogens is 262 g/mol. The van der Waals surface area contributed by atoms with Crippen molar-refractivity contribution in [2.45, 2.75) is 38.1 Å². The monoisotopic (exact) mass is 283 g/mol. The van der Waals surface area contributed by atoms with Crippen molar-refractivity contribution < 1.29 is 14.7 Å². The Morgan fingerprint density at radius 2 is 1.58 bits per heavy atom.